The molecule has 0 saturated heterocycles. The Bertz CT molecular complexity index is 966. The third kappa shape index (κ3) is 3.88. The lowest BCUT2D eigenvalue weighted by Gasteiger charge is -2.07. The van der Waals surface area contributed by atoms with Crippen LogP contribution in [0, 0.1) is 0 Å². The molecule has 3 aromatic rings. The van der Waals surface area contributed by atoms with Crippen LogP contribution in [0.5, 0.6) is 5.75 Å². The second-order valence-corrected chi connectivity index (χ2v) is 6.28. The molecule has 0 radical (unpaired) electrons. The molecule has 25 heavy (non-hydrogen) atoms. The number of halogens is 1. The molecule has 0 unspecified atom stereocenters. The van der Waals surface area contributed by atoms with E-state index in [2.05, 4.69) is 20.9 Å². The molecule has 0 bridgehead atoms. The van der Waals surface area contributed by atoms with Gasteiger partial charge in [0.2, 0.25) is 0 Å². The fraction of sp³-hybridized carbons (Fsp3) is 0.100. The minimum atomic E-state index is -0.977. The number of para-hydroxylation sites is 1. The van der Waals surface area contributed by atoms with Crippen molar-refractivity contribution in [1.82, 2.24) is 4.98 Å². The first kappa shape index (κ1) is 17.2. The Morgan fingerprint density at radius 1 is 1.20 bits per heavy atom. The molecule has 1 heterocycles. The minimum Gasteiger partial charge on any atom is -0.493 e. The van der Waals surface area contributed by atoms with Crippen molar-refractivity contribution in [3.8, 4) is 5.75 Å². The van der Waals surface area contributed by atoms with Crippen molar-refractivity contribution in [2.75, 3.05) is 6.61 Å². The monoisotopic (exact) mass is 397 g/mol. The van der Waals surface area contributed by atoms with Crippen molar-refractivity contribution in [1.29, 1.82) is 0 Å². The third-order valence-corrected chi connectivity index (χ3v) is 4.17. The van der Waals surface area contributed by atoms with Gasteiger partial charge in [0.15, 0.2) is 0 Å². The number of pyridine rings is 1. The SMILES string of the molecule is CCOc1ccccc1C=Cc1cc(C(=O)O)c2cc(Br)ccc2n1. The van der Waals surface area contributed by atoms with E-state index in [0.717, 1.165) is 15.8 Å². The molecule has 0 atom stereocenters. The summed E-state index contributed by atoms with van der Waals surface area (Å²) in [5.74, 6) is -0.195. The number of nitrogens with zero attached hydrogens (tertiary/aromatic N) is 1. The predicted octanol–water partition coefficient (Wildman–Crippen LogP) is 5.26. The Labute approximate surface area is 153 Å². The number of carboxylic acids is 1. The van der Waals surface area contributed by atoms with Gasteiger partial charge in [0, 0.05) is 15.4 Å². The first-order valence-corrected chi connectivity index (χ1v) is 8.61. The van der Waals surface area contributed by atoms with Crippen molar-refractivity contribution in [2.45, 2.75) is 6.92 Å². The van der Waals surface area contributed by atoms with Crippen LogP contribution in [0.3, 0.4) is 0 Å². The van der Waals surface area contributed by atoms with Gasteiger partial charge in [-0.05, 0) is 49.4 Å². The topological polar surface area (TPSA) is 59.4 Å². The summed E-state index contributed by atoms with van der Waals surface area (Å²) in [6.45, 7) is 2.51. The second kappa shape index (κ2) is 7.49. The molecule has 0 amide bonds. The molecule has 126 valence electrons. The Hall–Kier alpha value is -2.66. The van der Waals surface area contributed by atoms with E-state index in [1.165, 1.54) is 0 Å². The molecule has 5 heteroatoms. The van der Waals surface area contributed by atoms with Gasteiger partial charge < -0.3 is 9.84 Å². The highest BCUT2D eigenvalue weighted by molar-refractivity contribution is 9.10. The highest BCUT2D eigenvalue weighted by atomic mass is 79.9. The molecular formula is C20H16BrNO3. The van der Waals surface area contributed by atoms with Crippen LogP contribution in [0.25, 0.3) is 23.1 Å². The molecule has 3 rings (SSSR count). The van der Waals surface area contributed by atoms with Crippen LogP contribution >= 0.6 is 15.9 Å². The average Bonchev–Trinajstić information content (AvgIpc) is 2.60. The van der Waals surface area contributed by atoms with E-state index in [1.54, 1.807) is 24.3 Å². The number of aromatic nitrogens is 1. The molecule has 0 aliphatic carbocycles. The normalized spacial score (nSPS) is 11.1. The number of carbonyl (C=O) groups is 1. The maximum Gasteiger partial charge on any atom is 0.336 e. The molecule has 1 aromatic heterocycles. The van der Waals surface area contributed by atoms with Crippen molar-refractivity contribution < 1.29 is 14.6 Å². The van der Waals surface area contributed by atoms with E-state index in [4.69, 9.17) is 4.74 Å². The van der Waals surface area contributed by atoms with E-state index < -0.39 is 5.97 Å². The van der Waals surface area contributed by atoms with Gasteiger partial charge in [0.05, 0.1) is 23.4 Å². The first-order chi connectivity index (χ1) is 12.1. The Kier molecular flexibility index (Phi) is 5.14. The highest BCUT2D eigenvalue weighted by Gasteiger charge is 2.11. The van der Waals surface area contributed by atoms with Crippen LogP contribution in [-0.2, 0) is 0 Å². The molecular weight excluding hydrogens is 382 g/mol. The molecule has 0 aliphatic heterocycles. The number of fused-ring (bicyclic) bond motifs is 1. The number of aromatic carboxylic acids is 1. The summed E-state index contributed by atoms with van der Waals surface area (Å²) in [6, 6.07) is 14.7. The largest absolute Gasteiger partial charge is 0.493 e. The zero-order valence-corrected chi connectivity index (χ0v) is 15.2. The summed E-state index contributed by atoms with van der Waals surface area (Å²) in [4.78, 5) is 16.1. The van der Waals surface area contributed by atoms with Gasteiger partial charge in [-0.25, -0.2) is 9.78 Å². The number of benzene rings is 2. The fourth-order valence-corrected chi connectivity index (χ4v) is 2.92. The van der Waals surface area contributed by atoms with Crippen LogP contribution in [0.4, 0.5) is 0 Å². The van der Waals surface area contributed by atoms with Crippen molar-refractivity contribution in [2.24, 2.45) is 0 Å². The van der Waals surface area contributed by atoms with Crippen LogP contribution in [0.2, 0.25) is 0 Å². The third-order valence-electron chi connectivity index (χ3n) is 3.67. The van der Waals surface area contributed by atoms with Gasteiger partial charge >= 0.3 is 5.97 Å². The summed E-state index contributed by atoms with van der Waals surface area (Å²) in [6.07, 6.45) is 3.68. The van der Waals surface area contributed by atoms with Gasteiger partial charge in [0.25, 0.3) is 0 Å². The van der Waals surface area contributed by atoms with E-state index in [-0.39, 0.29) is 5.56 Å². The number of hydrogen-bond donors (Lipinski definition) is 1. The summed E-state index contributed by atoms with van der Waals surface area (Å²) in [5, 5.41) is 10.1. The predicted molar refractivity (Wildman–Crippen MR) is 103 cm³/mol. The van der Waals surface area contributed by atoms with Gasteiger partial charge in [-0.1, -0.05) is 34.1 Å². The van der Waals surface area contributed by atoms with Crippen molar-refractivity contribution >= 4 is 45.0 Å². The summed E-state index contributed by atoms with van der Waals surface area (Å²) < 4.78 is 6.42. The molecule has 0 spiro atoms. The maximum atomic E-state index is 11.6. The molecule has 4 nitrogen and oxygen atoms in total. The number of hydrogen-bond acceptors (Lipinski definition) is 3. The lowest BCUT2D eigenvalue weighted by Crippen LogP contribution is -2.00. The molecule has 1 N–H and O–H groups in total. The Balaban J connectivity index is 2.05. The van der Waals surface area contributed by atoms with Crippen LogP contribution in [-0.4, -0.2) is 22.7 Å². The summed E-state index contributed by atoms with van der Waals surface area (Å²) >= 11 is 3.37. The van der Waals surface area contributed by atoms with Crippen LogP contribution < -0.4 is 4.74 Å². The molecule has 0 fully saturated rings. The van der Waals surface area contributed by atoms with Gasteiger partial charge in [0.1, 0.15) is 5.75 Å². The highest BCUT2D eigenvalue weighted by Crippen LogP contribution is 2.25. The first-order valence-electron chi connectivity index (χ1n) is 7.82. The summed E-state index contributed by atoms with van der Waals surface area (Å²) in [7, 11) is 0. The van der Waals surface area contributed by atoms with Gasteiger partial charge in [-0.2, -0.15) is 0 Å². The van der Waals surface area contributed by atoms with Crippen LogP contribution in [0.1, 0.15) is 28.5 Å². The van der Waals surface area contributed by atoms with E-state index in [1.807, 2.05) is 43.3 Å². The molecule has 2 aromatic carbocycles. The Morgan fingerprint density at radius 3 is 2.76 bits per heavy atom. The minimum absolute atomic E-state index is 0.226. The second-order valence-electron chi connectivity index (χ2n) is 5.37. The average molecular weight is 398 g/mol. The lowest BCUT2D eigenvalue weighted by molar-refractivity contribution is 0.0699. The summed E-state index contributed by atoms with van der Waals surface area (Å²) in [5.41, 5.74) is 2.36. The smallest absolute Gasteiger partial charge is 0.336 e. The number of rotatable bonds is 5. The van der Waals surface area contributed by atoms with Crippen molar-refractivity contribution in [3.05, 3.63) is 69.8 Å². The van der Waals surface area contributed by atoms with Crippen LogP contribution in [0.15, 0.2) is 53.0 Å². The zero-order chi connectivity index (χ0) is 17.8. The maximum absolute atomic E-state index is 11.6. The Morgan fingerprint density at radius 2 is 2.00 bits per heavy atom. The van der Waals surface area contributed by atoms with Gasteiger partial charge in [-0.15, -0.1) is 0 Å². The zero-order valence-electron chi connectivity index (χ0n) is 13.6. The van der Waals surface area contributed by atoms with Gasteiger partial charge in [-0.3, -0.25) is 0 Å². The number of ether oxygens (including phenoxy) is 1. The number of carboxylic acid groups (broad SMARTS) is 1. The molecule has 0 saturated carbocycles. The van der Waals surface area contributed by atoms with E-state index in [9.17, 15) is 9.90 Å². The standard InChI is InChI=1S/C20H16BrNO3/c1-2-25-19-6-4-3-5-13(19)7-9-15-12-17(20(23)24)16-11-14(21)8-10-18(16)22-15/h3-12H,2H2,1H3,(H,23,24). The quantitative estimate of drug-likeness (QED) is 0.637. The van der Waals surface area contributed by atoms with E-state index >= 15 is 0 Å². The fourth-order valence-electron chi connectivity index (χ4n) is 2.56. The lowest BCUT2D eigenvalue weighted by atomic mass is 10.1. The van der Waals surface area contributed by atoms with Crippen molar-refractivity contribution in [3.63, 3.8) is 0 Å². The van der Waals surface area contributed by atoms with E-state index in [0.29, 0.717) is 23.2 Å². The molecule has 0 aliphatic rings.